The fraction of sp³-hybridized carbons (Fsp3) is 0.600. The van der Waals surface area contributed by atoms with Gasteiger partial charge >= 0.3 is 0 Å². The van der Waals surface area contributed by atoms with Crippen LogP contribution in [-0.4, -0.2) is 58.9 Å². The third-order valence-electron chi connectivity index (χ3n) is 2.78. The second kappa shape index (κ2) is 12.7. The average molecular weight is 356 g/mol. The summed E-state index contributed by atoms with van der Waals surface area (Å²) in [5.41, 5.74) is 0.634. The van der Waals surface area contributed by atoms with Crippen molar-refractivity contribution in [3.63, 3.8) is 0 Å². The van der Waals surface area contributed by atoms with E-state index in [2.05, 4.69) is 28.3 Å². The topological polar surface area (TPSA) is 95.3 Å². The fourth-order valence-corrected chi connectivity index (χ4v) is 1.73. The molecule has 24 heavy (non-hydrogen) atoms. The van der Waals surface area contributed by atoms with Crippen molar-refractivity contribution in [2.45, 2.75) is 26.4 Å². The van der Waals surface area contributed by atoms with E-state index in [1.54, 1.807) is 10.9 Å². The number of rotatable bonds is 13. The van der Waals surface area contributed by atoms with Gasteiger partial charge in [-0.15, -0.1) is 5.10 Å². The highest BCUT2D eigenvalue weighted by atomic mass is 32.1. The Morgan fingerprint density at radius 3 is 2.71 bits per heavy atom. The van der Waals surface area contributed by atoms with Crippen molar-refractivity contribution in [1.82, 2.24) is 20.3 Å². The Labute approximate surface area is 147 Å². The monoisotopic (exact) mass is 356 g/mol. The normalized spacial score (nSPS) is 11.1. The maximum Gasteiger partial charge on any atom is 0.244 e. The Kier molecular flexibility index (Phi) is 10.7. The van der Waals surface area contributed by atoms with Gasteiger partial charge in [-0.2, -0.15) is 12.6 Å². The first-order chi connectivity index (χ1) is 11.6. The van der Waals surface area contributed by atoms with Crippen LogP contribution in [0.1, 0.15) is 19.0 Å². The zero-order chi connectivity index (χ0) is 17.6. The molecule has 0 aliphatic heterocycles. The predicted octanol–water partition coefficient (Wildman–Crippen LogP) is 0.393. The van der Waals surface area contributed by atoms with Crippen LogP contribution in [0, 0.1) is 0 Å². The number of nitrogens with zero attached hydrogens (tertiary/aromatic N) is 3. The zero-order valence-corrected chi connectivity index (χ0v) is 14.7. The first-order valence-corrected chi connectivity index (χ1v) is 8.37. The number of hydrogen-bond donors (Lipinski definition) is 2. The van der Waals surface area contributed by atoms with Gasteiger partial charge in [-0.05, 0) is 25.2 Å². The van der Waals surface area contributed by atoms with Gasteiger partial charge in [-0.1, -0.05) is 5.21 Å². The maximum atomic E-state index is 11.4. The summed E-state index contributed by atoms with van der Waals surface area (Å²) in [5.74, 6) is 0.298. The summed E-state index contributed by atoms with van der Waals surface area (Å²) in [6, 6.07) is 0. The molecule has 1 rings (SSSR count). The lowest BCUT2D eigenvalue weighted by Gasteiger charge is -2.05. The number of amides is 1. The van der Waals surface area contributed by atoms with E-state index in [4.69, 9.17) is 9.47 Å². The van der Waals surface area contributed by atoms with Crippen LogP contribution in [0.15, 0.2) is 18.3 Å². The number of carbonyl (C=O) groups is 2. The molecule has 0 fully saturated rings. The van der Waals surface area contributed by atoms with Crippen LogP contribution >= 0.6 is 12.6 Å². The molecule has 0 unspecified atom stereocenters. The molecule has 8 nitrogen and oxygen atoms in total. The second-order valence-electron chi connectivity index (χ2n) is 4.94. The molecular formula is C15H24N4O4S. The molecule has 1 N–H and O–H groups in total. The minimum Gasteiger partial charge on any atom is -0.379 e. The summed E-state index contributed by atoms with van der Waals surface area (Å²) >= 11 is 4.10. The van der Waals surface area contributed by atoms with Crippen molar-refractivity contribution in [3.8, 4) is 0 Å². The minimum atomic E-state index is -0.346. The van der Waals surface area contributed by atoms with Crippen molar-refractivity contribution < 1.29 is 19.1 Å². The minimum absolute atomic E-state index is 0.178. The van der Waals surface area contributed by atoms with Gasteiger partial charge in [0.25, 0.3) is 0 Å². The fourth-order valence-electron chi connectivity index (χ4n) is 1.61. The SMILES string of the molecule is CC(=O)/C=C/C(=O)NCc1cn(CCOCCOCCCS)nn1. The van der Waals surface area contributed by atoms with E-state index in [1.807, 2.05) is 0 Å². The van der Waals surface area contributed by atoms with E-state index in [0.29, 0.717) is 38.7 Å². The van der Waals surface area contributed by atoms with Crippen LogP contribution in [0.5, 0.6) is 0 Å². The smallest absolute Gasteiger partial charge is 0.244 e. The van der Waals surface area contributed by atoms with Crippen molar-refractivity contribution in [2.24, 2.45) is 0 Å². The summed E-state index contributed by atoms with van der Waals surface area (Å²) < 4.78 is 12.4. The summed E-state index contributed by atoms with van der Waals surface area (Å²) in [4.78, 5) is 22.1. The van der Waals surface area contributed by atoms with Gasteiger partial charge in [0, 0.05) is 12.7 Å². The highest BCUT2D eigenvalue weighted by Crippen LogP contribution is 1.94. The van der Waals surface area contributed by atoms with Gasteiger partial charge in [-0.25, -0.2) is 4.68 Å². The van der Waals surface area contributed by atoms with Crippen molar-refractivity contribution >= 4 is 24.3 Å². The largest absolute Gasteiger partial charge is 0.379 e. The lowest BCUT2D eigenvalue weighted by atomic mass is 10.3. The van der Waals surface area contributed by atoms with E-state index >= 15 is 0 Å². The first kappa shape index (κ1) is 20.3. The molecule has 1 heterocycles. The second-order valence-corrected chi connectivity index (χ2v) is 5.38. The number of carbonyl (C=O) groups excluding carboxylic acids is 2. The van der Waals surface area contributed by atoms with Crippen LogP contribution < -0.4 is 5.32 Å². The van der Waals surface area contributed by atoms with E-state index in [9.17, 15) is 9.59 Å². The molecule has 0 bridgehead atoms. The molecule has 0 spiro atoms. The third-order valence-corrected chi connectivity index (χ3v) is 3.10. The Balaban J connectivity index is 2.13. The summed E-state index contributed by atoms with van der Waals surface area (Å²) in [5, 5.41) is 10.5. The number of nitrogens with one attached hydrogen (secondary N) is 1. The molecule has 0 radical (unpaired) electrons. The molecule has 0 atom stereocenters. The Hall–Kier alpha value is -1.71. The molecule has 0 aliphatic carbocycles. The molecular weight excluding hydrogens is 332 g/mol. The van der Waals surface area contributed by atoms with Crippen molar-refractivity contribution in [2.75, 3.05) is 32.2 Å². The number of allylic oxidation sites excluding steroid dienone is 1. The summed E-state index contributed by atoms with van der Waals surface area (Å²) in [7, 11) is 0. The number of ether oxygens (including phenoxy) is 2. The Bertz CT molecular complexity index is 533. The molecule has 134 valence electrons. The predicted molar refractivity (Wildman–Crippen MR) is 91.8 cm³/mol. The van der Waals surface area contributed by atoms with Crippen LogP contribution in [0.2, 0.25) is 0 Å². The van der Waals surface area contributed by atoms with Crippen LogP contribution in [0.3, 0.4) is 0 Å². The Morgan fingerprint density at radius 2 is 2.00 bits per heavy atom. The molecule has 1 amide bonds. The highest BCUT2D eigenvalue weighted by molar-refractivity contribution is 7.80. The van der Waals surface area contributed by atoms with E-state index < -0.39 is 0 Å². The quantitative estimate of drug-likeness (QED) is 0.302. The average Bonchev–Trinajstić information content (AvgIpc) is 3.01. The van der Waals surface area contributed by atoms with E-state index in [-0.39, 0.29) is 18.2 Å². The summed E-state index contributed by atoms with van der Waals surface area (Å²) in [6.07, 6.45) is 5.08. The number of ketones is 1. The zero-order valence-electron chi connectivity index (χ0n) is 13.8. The van der Waals surface area contributed by atoms with Crippen LogP contribution in [0.4, 0.5) is 0 Å². The van der Waals surface area contributed by atoms with Gasteiger partial charge in [0.15, 0.2) is 5.78 Å². The molecule has 0 saturated carbocycles. The Morgan fingerprint density at radius 1 is 1.25 bits per heavy atom. The third kappa shape index (κ3) is 10.1. The van der Waals surface area contributed by atoms with Gasteiger partial charge in [0.2, 0.25) is 5.91 Å². The molecule has 0 saturated heterocycles. The summed E-state index contributed by atoms with van der Waals surface area (Å²) in [6.45, 7) is 4.51. The van der Waals surface area contributed by atoms with Crippen LogP contribution in [-0.2, 0) is 32.2 Å². The molecule has 1 aromatic heterocycles. The highest BCUT2D eigenvalue weighted by Gasteiger charge is 2.02. The van der Waals surface area contributed by atoms with Crippen molar-refractivity contribution in [1.29, 1.82) is 0 Å². The lowest BCUT2D eigenvalue weighted by molar-refractivity contribution is -0.117. The maximum absolute atomic E-state index is 11.4. The molecule has 1 aromatic rings. The standard InChI is InChI=1S/C15H24N4O4S/c1-13(20)3-4-15(21)16-11-14-12-19(18-17-14)5-7-23-9-8-22-6-2-10-24/h3-4,12,24H,2,5-11H2,1H3,(H,16,21)/b4-3+. The van der Waals surface area contributed by atoms with E-state index in [0.717, 1.165) is 12.2 Å². The lowest BCUT2D eigenvalue weighted by Crippen LogP contribution is -2.20. The molecule has 9 heteroatoms. The van der Waals surface area contributed by atoms with E-state index in [1.165, 1.54) is 19.1 Å². The number of hydrogen-bond acceptors (Lipinski definition) is 7. The molecule has 0 aliphatic rings. The van der Waals surface area contributed by atoms with Gasteiger partial charge < -0.3 is 14.8 Å². The number of thiol groups is 1. The van der Waals surface area contributed by atoms with Gasteiger partial charge in [0.05, 0.1) is 39.1 Å². The molecule has 0 aromatic carbocycles. The first-order valence-electron chi connectivity index (χ1n) is 7.73. The van der Waals surface area contributed by atoms with Crippen LogP contribution in [0.25, 0.3) is 0 Å². The van der Waals surface area contributed by atoms with Crippen molar-refractivity contribution in [3.05, 3.63) is 24.0 Å². The van der Waals surface area contributed by atoms with Gasteiger partial charge in [-0.3, -0.25) is 9.59 Å². The van der Waals surface area contributed by atoms with Gasteiger partial charge in [0.1, 0.15) is 5.69 Å². The number of aromatic nitrogens is 3.